The molecule has 2 bridgehead atoms. The van der Waals surface area contributed by atoms with Gasteiger partial charge in [0.1, 0.15) is 11.6 Å². The molecular weight excluding hydrogens is 228 g/mol. The summed E-state index contributed by atoms with van der Waals surface area (Å²) < 4.78 is 5.79. The van der Waals surface area contributed by atoms with Crippen molar-refractivity contribution >= 4 is 5.82 Å². The number of nitriles is 1. The highest BCUT2D eigenvalue weighted by Crippen LogP contribution is 2.36. The Balaban J connectivity index is 1.85. The zero-order chi connectivity index (χ0) is 12.7. The Kier molecular flexibility index (Phi) is 2.67. The Labute approximate surface area is 106 Å². The van der Waals surface area contributed by atoms with Crippen LogP contribution in [0.15, 0.2) is 0 Å². The van der Waals surface area contributed by atoms with Gasteiger partial charge in [0.25, 0.3) is 0 Å². The van der Waals surface area contributed by atoms with Crippen LogP contribution >= 0.6 is 0 Å². The van der Waals surface area contributed by atoms with E-state index < -0.39 is 0 Å². The maximum absolute atomic E-state index is 9.24. The maximum atomic E-state index is 9.24. The van der Waals surface area contributed by atoms with Crippen LogP contribution in [0.2, 0.25) is 0 Å². The Morgan fingerprint density at radius 1 is 1.33 bits per heavy atom. The fraction of sp³-hybridized carbons (Fsp3) is 0.615. The molecule has 0 amide bonds. The second-order valence-corrected chi connectivity index (χ2v) is 5.11. The molecule has 0 spiro atoms. The molecule has 2 aliphatic rings. The second-order valence-electron chi connectivity index (χ2n) is 5.11. The average Bonchev–Trinajstić information content (AvgIpc) is 2.96. The van der Waals surface area contributed by atoms with Gasteiger partial charge >= 0.3 is 0 Å². The summed E-state index contributed by atoms with van der Waals surface area (Å²) in [6.45, 7) is 3.78. The van der Waals surface area contributed by atoms with Gasteiger partial charge in [-0.3, -0.25) is 0 Å². The zero-order valence-corrected chi connectivity index (χ0v) is 10.6. The number of hydrogen-bond acceptors (Lipinski definition) is 5. The monoisotopic (exact) mass is 244 g/mol. The first-order chi connectivity index (χ1) is 8.69. The highest BCUT2D eigenvalue weighted by molar-refractivity contribution is 5.56. The largest absolute Gasteiger partial charge is 0.373 e. The number of hydrogen-bond donors (Lipinski definition) is 1. The molecule has 3 rings (SSSR count). The first kappa shape index (κ1) is 11.4. The average molecular weight is 244 g/mol. The Morgan fingerprint density at radius 2 is 2.17 bits per heavy atom. The predicted molar refractivity (Wildman–Crippen MR) is 66.1 cm³/mol. The quantitative estimate of drug-likeness (QED) is 0.857. The van der Waals surface area contributed by atoms with E-state index in [1.54, 1.807) is 0 Å². The van der Waals surface area contributed by atoms with Gasteiger partial charge in [0.2, 0.25) is 0 Å². The number of aryl methyl sites for hydroxylation is 1. The van der Waals surface area contributed by atoms with Gasteiger partial charge in [0.05, 0.1) is 23.9 Å². The standard InChI is InChI=1S/C13H16N4O/c1-7-8(2)16-17-13(10(7)6-14)15-11-5-9-3-4-12(11)18-9/h9,11-12H,3-5H2,1-2H3,(H,15,17)/t9-,11-,12+/m1/s1. The third-order valence-corrected chi connectivity index (χ3v) is 3.99. The van der Waals surface area contributed by atoms with Crippen LogP contribution in [-0.4, -0.2) is 28.4 Å². The molecule has 5 nitrogen and oxygen atoms in total. The number of nitrogens with zero attached hydrogens (tertiary/aromatic N) is 3. The summed E-state index contributed by atoms with van der Waals surface area (Å²) >= 11 is 0. The van der Waals surface area contributed by atoms with Gasteiger partial charge in [-0.05, 0) is 38.7 Å². The fourth-order valence-electron chi connectivity index (χ4n) is 2.81. The second kappa shape index (κ2) is 4.21. The van der Waals surface area contributed by atoms with Crippen molar-refractivity contribution in [1.82, 2.24) is 10.2 Å². The number of fused-ring (bicyclic) bond motifs is 2. The molecule has 0 radical (unpaired) electrons. The Hall–Kier alpha value is -1.67. The lowest BCUT2D eigenvalue weighted by Crippen LogP contribution is -2.31. The van der Waals surface area contributed by atoms with E-state index in [1.165, 1.54) is 0 Å². The Morgan fingerprint density at radius 3 is 2.78 bits per heavy atom. The van der Waals surface area contributed by atoms with Gasteiger partial charge < -0.3 is 10.1 Å². The van der Waals surface area contributed by atoms with Gasteiger partial charge in [0, 0.05) is 0 Å². The molecule has 2 aliphatic heterocycles. The summed E-state index contributed by atoms with van der Waals surface area (Å²) in [5.74, 6) is 0.599. The van der Waals surface area contributed by atoms with Crippen molar-refractivity contribution in [3.8, 4) is 6.07 Å². The first-order valence-corrected chi connectivity index (χ1v) is 6.35. The minimum absolute atomic E-state index is 0.268. The number of aromatic nitrogens is 2. The minimum Gasteiger partial charge on any atom is -0.373 e. The SMILES string of the molecule is Cc1nnc(N[C@@H]2C[C@H]3CC[C@@H]2O3)c(C#N)c1C. The lowest BCUT2D eigenvalue weighted by molar-refractivity contribution is 0.102. The molecule has 0 aliphatic carbocycles. The molecule has 2 fully saturated rings. The van der Waals surface area contributed by atoms with Crippen molar-refractivity contribution in [2.45, 2.75) is 51.4 Å². The number of ether oxygens (including phenoxy) is 1. The van der Waals surface area contributed by atoms with Gasteiger partial charge in [0.15, 0.2) is 5.82 Å². The van der Waals surface area contributed by atoms with E-state index in [-0.39, 0.29) is 12.1 Å². The van der Waals surface area contributed by atoms with Gasteiger partial charge in [-0.1, -0.05) is 0 Å². The van der Waals surface area contributed by atoms with Crippen molar-refractivity contribution in [2.24, 2.45) is 0 Å². The van der Waals surface area contributed by atoms with E-state index in [4.69, 9.17) is 4.74 Å². The lowest BCUT2D eigenvalue weighted by atomic mass is 9.95. The minimum atomic E-state index is 0.268. The normalized spacial score (nSPS) is 29.3. The van der Waals surface area contributed by atoms with Crippen LogP contribution in [0.4, 0.5) is 5.82 Å². The van der Waals surface area contributed by atoms with E-state index in [2.05, 4.69) is 21.6 Å². The van der Waals surface area contributed by atoms with Crippen LogP contribution in [0, 0.1) is 25.2 Å². The van der Waals surface area contributed by atoms with Crippen molar-refractivity contribution in [1.29, 1.82) is 5.26 Å². The molecule has 3 atom stereocenters. The van der Waals surface area contributed by atoms with Gasteiger partial charge in [-0.2, -0.15) is 10.4 Å². The number of anilines is 1. The summed E-state index contributed by atoms with van der Waals surface area (Å²) in [5, 5.41) is 20.8. The van der Waals surface area contributed by atoms with Crippen LogP contribution < -0.4 is 5.32 Å². The van der Waals surface area contributed by atoms with E-state index in [1.807, 2.05) is 13.8 Å². The van der Waals surface area contributed by atoms with Gasteiger partial charge in [-0.25, -0.2) is 0 Å². The van der Waals surface area contributed by atoms with Crippen molar-refractivity contribution in [3.05, 3.63) is 16.8 Å². The smallest absolute Gasteiger partial charge is 0.167 e. The topological polar surface area (TPSA) is 70.8 Å². The van der Waals surface area contributed by atoms with E-state index >= 15 is 0 Å². The van der Waals surface area contributed by atoms with Crippen molar-refractivity contribution < 1.29 is 4.74 Å². The van der Waals surface area contributed by atoms with Crippen LogP contribution in [0.3, 0.4) is 0 Å². The van der Waals surface area contributed by atoms with Crippen molar-refractivity contribution in [3.63, 3.8) is 0 Å². The lowest BCUT2D eigenvalue weighted by Gasteiger charge is -2.21. The summed E-state index contributed by atoms with van der Waals surface area (Å²) in [7, 11) is 0. The number of rotatable bonds is 2. The van der Waals surface area contributed by atoms with Crippen LogP contribution in [0.1, 0.15) is 36.1 Å². The fourth-order valence-corrected chi connectivity index (χ4v) is 2.81. The molecule has 18 heavy (non-hydrogen) atoms. The summed E-state index contributed by atoms with van der Waals surface area (Å²) in [6, 6.07) is 2.49. The molecule has 1 aromatic heterocycles. The van der Waals surface area contributed by atoms with E-state index in [9.17, 15) is 5.26 Å². The Bertz CT molecular complexity index is 522. The molecule has 2 saturated heterocycles. The highest BCUT2D eigenvalue weighted by atomic mass is 16.5. The van der Waals surface area contributed by atoms with E-state index in [0.29, 0.717) is 17.5 Å². The molecule has 94 valence electrons. The van der Waals surface area contributed by atoms with Crippen LogP contribution in [-0.2, 0) is 4.74 Å². The summed E-state index contributed by atoms with van der Waals surface area (Å²) in [6.07, 6.45) is 3.92. The molecule has 0 aromatic carbocycles. The predicted octanol–water partition coefficient (Wildman–Crippen LogP) is 1.70. The first-order valence-electron chi connectivity index (χ1n) is 6.35. The maximum Gasteiger partial charge on any atom is 0.167 e. The molecule has 1 aromatic rings. The van der Waals surface area contributed by atoms with Crippen LogP contribution in [0.5, 0.6) is 0 Å². The van der Waals surface area contributed by atoms with Crippen LogP contribution in [0.25, 0.3) is 0 Å². The molecule has 1 N–H and O–H groups in total. The van der Waals surface area contributed by atoms with Crippen molar-refractivity contribution in [2.75, 3.05) is 5.32 Å². The zero-order valence-electron chi connectivity index (χ0n) is 10.6. The van der Waals surface area contributed by atoms with E-state index in [0.717, 1.165) is 30.5 Å². The molecule has 5 heteroatoms. The highest BCUT2D eigenvalue weighted by Gasteiger charge is 2.41. The molecule has 0 saturated carbocycles. The number of nitrogens with one attached hydrogen (secondary N) is 1. The summed E-state index contributed by atoms with van der Waals surface area (Å²) in [5.41, 5.74) is 2.31. The molecule has 3 heterocycles. The molecule has 0 unspecified atom stereocenters. The van der Waals surface area contributed by atoms with Gasteiger partial charge in [-0.15, -0.1) is 5.10 Å². The third kappa shape index (κ3) is 1.73. The molecular formula is C13H16N4O. The third-order valence-electron chi connectivity index (χ3n) is 3.99. The summed E-state index contributed by atoms with van der Waals surface area (Å²) in [4.78, 5) is 0.